The minimum Gasteiger partial charge on any atom is -0.497 e. The van der Waals surface area contributed by atoms with Crippen LogP contribution >= 0.6 is 11.6 Å². The van der Waals surface area contributed by atoms with Gasteiger partial charge in [-0.1, -0.05) is 41.9 Å². The van der Waals surface area contributed by atoms with Gasteiger partial charge in [0.15, 0.2) is 0 Å². The Morgan fingerprint density at radius 1 is 0.870 bits per heavy atom. The Morgan fingerprint density at radius 2 is 1.57 bits per heavy atom. The predicted molar refractivity (Wildman–Crippen MR) is 177 cm³/mol. The number of methoxy groups -OCH3 is 2. The highest BCUT2D eigenvalue weighted by Gasteiger charge is 2.37. The molecule has 2 aliphatic rings. The molecule has 0 spiro atoms. The molecule has 11 nitrogen and oxygen atoms in total. The van der Waals surface area contributed by atoms with Crippen LogP contribution in [0.3, 0.4) is 0 Å². The third kappa shape index (κ3) is 5.90. The van der Waals surface area contributed by atoms with Crippen molar-refractivity contribution >= 4 is 38.6 Å². The summed E-state index contributed by atoms with van der Waals surface area (Å²) >= 11 is 6.43. The number of halogens is 1. The van der Waals surface area contributed by atoms with Gasteiger partial charge in [0, 0.05) is 43.3 Å². The molecule has 0 radical (unpaired) electrons. The minimum atomic E-state index is -4.52. The molecule has 2 saturated heterocycles. The quantitative estimate of drug-likeness (QED) is 0.281. The highest BCUT2D eigenvalue weighted by molar-refractivity contribution is 7.90. The number of piperidine rings is 1. The lowest BCUT2D eigenvalue weighted by molar-refractivity contribution is -0.135. The van der Waals surface area contributed by atoms with Crippen molar-refractivity contribution in [3.8, 4) is 11.5 Å². The van der Waals surface area contributed by atoms with Crippen molar-refractivity contribution in [2.45, 2.75) is 29.8 Å². The van der Waals surface area contributed by atoms with Crippen LogP contribution in [0.2, 0.25) is 5.02 Å². The van der Waals surface area contributed by atoms with Crippen LogP contribution in [-0.2, 0) is 14.8 Å². The molecule has 244 valence electrons. The van der Waals surface area contributed by atoms with Crippen LogP contribution in [0.15, 0.2) is 76.4 Å². The van der Waals surface area contributed by atoms with Gasteiger partial charge in [-0.15, -0.1) is 0 Å². The Bertz CT molecular complexity index is 1890. The number of hydrogen-bond acceptors (Lipinski definition) is 8. The second-order valence-electron chi connectivity index (χ2n) is 11.8. The van der Waals surface area contributed by atoms with Crippen LogP contribution in [-0.4, -0.2) is 104 Å². The second kappa shape index (κ2) is 13.1. The van der Waals surface area contributed by atoms with E-state index in [-0.39, 0.29) is 27.6 Å². The van der Waals surface area contributed by atoms with Crippen molar-refractivity contribution in [1.82, 2.24) is 23.2 Å². The van der Waals surface area contributed by atoms with E-state index >= 15 is 0 Å². The number of likely N-dealkylation sites (tertiary alicyclic amines) is 1. The zero-order chi connectivity index (χ0) is 32.6. The van der Waals surface area contributed by atoms with Crippen LogP contribution in [0.25, 0.3) is 11.0 Å². The summed E-state index contributed by atoms with van der Waals surface area (Å²) in [4.78, 5) is 35.4. The molecule has 6 rings (SSSR count). The van der Waals surface area contributed by atoms with Crippen LogP contribution in [0.4, 0.5) is 0 Å². The predicted octanol–water partition coefficient (Wildman–Crippen LogP) is 3.54. The zero-order valence-electron chi connectivity index (χ0n) is 26.1. The molecule has 1 aromatic heterocycles. The Balaban J connectivity index is 1.44. The number of piperazine rings is 1. The number of aromatic nitrogens is 2. The maximum absolute atomic E-state index is 14.5. The first kappa shape index (κ1) is 32.1. The van der Waals surface area contributed by atoms with Gasteiger partial charge in [-0.25, -0.2) is 13.2 Å². The topological polar surface area (TPSA) is 106 Å². The van der Waals surface area contributed by atoms with Gasteiger partial charge in [-0.05, 0) is 68.9 Å². The number of carbonyl (C=O) groups is 1. The number of benzene rings is 3. The van der Waals surface area contributed by atoms with Gasteiger partial charge < -0.3 is 19.3 Å². The van der Waals surface area contributed by atoms with Gasteiger partial charge in [0.1, 0.15) is 22.4 Å². The van der Waals surface area contributed by atoms with E-state index in [4.69, 9.17) is 21.1 Å². The highest BCUT2D eigenvalue weighted by atomic mass is 35.5. The van der Waals surface area contributed by atoms with Gasteiger partial charge >= 0.3 is 5.69 Å². The van der Waals surface area contributed by atoms with Gasteiger partial charge in [0.05, 0.1) is 25.3 Å². The van der Waals surface area contributed by atoms with Gasteiger partial charge in [0.2, 0.25) is 0 Å². The van der Waals surface area contributed by atoms with E-state index < -0.39 is 21.8 Å². The maximum Gasteiger partial charge on any atom is 0.344 e. The average Bonchev–Trinajstić information content (AvgIpc) is 3.36. The van der Waals surface area contributed by atoms with E-state index in [1.807, 2.05) is 6.07 Å². The molecule has 3 heterocycles. The minimum absolute atomic E-state index is 0.0132. The molecule has 3 aromatic carbocycles. The number of amides is 1. The maximum atomic E-state index is 14.5. The standard InChI is InChI=1S/C33H38ClN5O6S/c1-35-15-13-25(14-16-35)36-17-19-37(20-18-36)32(40)31(23-7-5-4-6-8-23)38-28-21-24(34)9-11-27(28)39(33(38)41)46(42,43)30-12-10-26(44-2)22-29(30)45-3/h4-12,21-22,25,31H,13-20H2,1-3H3. The first-order valence-corrected chi connectivity index (χ1v) is 17.1. The monoisotopic (exact) mass is 667 g/mol. The van der Waals surface area contributed by atoms with E-state index in [2.05, 4.69) is 16.8 Å². The summed E-state index contributed by atoms with van der Waals surface area (Å²) in [6.07, 6.45) is 2.19. The van der Waals surface area contributed by atoms with Crippen LogP contribution in [0.5, 0.6) is 11.5 Å². The van der Waals surface area contributed by atoms with Crippen molar-refractivity contribution in [3.63, 3.8) is 0 Å². The van der Waals surface area contributed by atoms with Crippen LogP contribution in [0, 0.1) is 0 Å². The van der Waals surface area contributed by atoms with Crippen molar-refractivity contribution in [3.05, 3.63) is 87.8 Å². The Morgan fingerprint density at radius 3 is 2.22 bits per heavy atom. The zero-order valence-corrected chi connectivity index (χ0v) is 27.7. The van der Waals surface area contributed by atoms with Crippen molar-refractivity contribution in [2.75, 3.05) is 60.5 Å². The van der Waals surface area contributed by atoms with Crippen LogP contribution in [0.1, 0.15) is 24.4 Å². The summed E-state index contributed by atoms with van der Waals surface area (Å²) in [5, 5.41) is 0.295. The summed E-state index contributed by atoms with van der Waals surface area (Å²) in [5.41, 5.74) is -0.0121. The molecule has 1 atom stereocenters. The molecule has 2 aliphatic heterocycles. The van der Waals surface area contributed by atoms with E-state index in [1.165, 1.54) is 55.2 Å². The summed E-state index contributed by atoms with van der Waals surface area (Å²) in [7, 11) is 0.421. The Kier molecular flexibility index (Phi) is 9.15. The lowest BCUT2D eigenvalue weighted by atomic mass is 10.0. The van der Waals surface area contributed by atoms with E-state index in [1.54, 1.807) is 29.2 Å². The van der Waals surface area contributed by atoms with E-state index in [0.717, 1.165) is 43.0 Å². The smallest absolute Gasteiger partial charge is 0.344 e. The number of fused-ring (bicyclic) bond motifs is 1. The lowest BCUT2D eigenvalue weighted by Gasteiger charge is -2.42. The largest absolute Gasteiger partial charge is 0.497 e. The summed E-state index contributed by atoms with van der Waals surface area (Å²) in [6, 6.07) is 17.1. The molecule has 0 saturated carbocycles. The fourth-order valence-electron chi connectivity index (χ4n) is 6.61. The molecule has 13 heteroatoms. The average molecular weight is 668 g/mol. The molecular formula is C33H38ClN5O6S. The number of rotatable bonds is 8. The van der Waals surface area contributed by atoms with Crippen molar-refractivity contribution in [2.24, 2.45) is 0 Å². The summed E-state index contributed by atoms with van der Waals surface area (Å²) < 4.78 is 41.2. The van der Waals surface area contributed by atoms with E-state index in [0.29, 0.717) is 35.5 Å². The first-order valence-electron chi connectivity index (χ1n) is 15.3. The fourth-order valence-corrected chi connectivity index (χ4v) is 8.32. The lowest BCUT2D eigenvalue weighted by Crippen LogP contribution is -2.55. The molecule has 1 amide bonds. The number of ether oxygens (including phenoxy) is 2. The molecule has 1 unspecified atom stereocenters. The van der Waals surface area contributed by atoms with Gasteiger partial charge in [0.25, 0.3) is 15.9 Å². The van der Waals surface area contributed by atoms with Gasteiger partial charge in [-0.3, -0.25) is 14.3 Å². The molecule has 0 aliphatic carbocycles. The molecule has 2 fully saturated rings. The van der Waals surface area contributed by atoms with E-state index in [9.17, 15) is 18.0 Å². The SMILES string of the molecule is COc1ccc(S(=O)(=O)n2c(=O)n(C(C(=O)N3CCN(C4CCN(C)CC4)CC3)c3ccccc3)c3cc(Cl)ccc32)c(OC)c1. The Hall–Kier alpha value is -3.84. The molecule has 4 aromatic rings. The normalized spacial score (nSPS) is 17.7. The first-order chi connectivity index (χ1) is 22.1. The Labute approximate surface area is 273 Å². The number of nitrogens with zero attached hydrogens (tertiary/aromatic N) is 5. The van der Waals surface area contributed by atoms with Crippen LogP contribution < -0.4 is 15.2 Å². The molecule has 0 N–H and O–H groups in total. The summed E-state index contributed by atoms with van der Waals surface area (Å²) in [6.45, 7) is 4.58. The third-order valence-electron chi connectivity index (χ3n) is 9.12. The van der Waals surface area contributed by atoms with Gasteiger partial charge in [-0.2, -0.15) is 3.97 Å². The number of carbonyl (C=O) groups excluding carboxylic acids is 1. The number of hydrogen-bond donors (Lipinski definition) is 0. The van der Waals surface area contributed by atoms with Crippen molar-refractivity contribution in [1.29, 1.82) is 0 Å². The molecule has 0 bridgehead atoms. The third-order valence-corrected chi connectivity index (χ3v) is 11.1. The molecular weight excluding hydrogens is 630 g/mol. The summed E-state index contributed by atoms with van der Waals surface area (Å²) in [5.74, 6) is 0.122. The fraction of sp³-hybridized carbons (Fsp3) is 0.394. The molecule has 46 heavy (non-hydrogen) atoms. The van der Waals surface area contributed by atoms with Crippen molar-refractivity contribution < 1.29 is 22.7 Å². The number of imidazole rings is 1. The second-order valence-corrected chi connectivity index (χ2v) is 14.0. The highest BCUT2D eigenvalue weighted by Crippen LogP contribution is 2.33.